The van der Waals surface area contributed by atoms with Gasteiger partial charge in [0.1, 0.15) is 0 Å². The van der Waals surface area contributed by atoms with Gasteiger partial charge in [0.2, 0.25) is 5.91 Å². The van der Waals surface area contributed by atoms with E-state index in [1.807, 2.05) is 0 Å². The molecule has 2 unspecified atom stereocenters. The van der Waals surface area contributed by atoms with Crippen LogP contribution in [0.2, 0.25) is 0 Å². The molecule has 118 valence electrons. The van der Waals surface area contributed by atoms with Crippen molar-refractivity contribution in [1.82, 2.24) is 10.2 Å². The first kappa shape index (κ1) is 14.8. The van der Waals surface area contributed by atoms with E-state index in [1.165, 1.54) is 12.8 Å². The molecule has 2 bridgehead atoms. The summed E-state index contributed by atoms with van der Waals surface area (Å²) >= 11 is 0. The number of fused-ring (bicyclic) bond motifs is 2. The molecular formula is C16H26N2O3. The van der Waals surface area contributed by atoms with Gasteiger partial charge in [0.25, 0.3) is 0 Å². The largest absolute Gasteiger partial charge is 0.481 e. The highest BCUT2D eigenvalue weighted by atomic mass is 16.4. The summed E-state index contributed by atoms with van der Waals surface area (Å²) in [6.07, 6.45) is 9.13. The molecule has 2 saturated heterocycles. The van der Waals surface area contributed by atoms with Gasteiger partial charge < -0.3 is 10.4 Å². The van der Waals surface area contributed by atoms with Gasteiger partial charge in [-0.1, -0.05) is 12.8 Å². The van der Waals surface area contributed by atoms with Crippen molar-refractivity contribution in [2.24, 2.45) is 5.92 Å². The van der Waals surface area contributed by atoms with Gasteiger partial charge in [-0.2, -0.15) is 0 Å². The molecule has 21 heavy (non-hydrogen) atoms. The maximum absolute atomic E-state index is 12.2. The summed E-state index contributed by atoms with van der Waals surface area (Å²) in [5, 5.41) is 12.1. The topological polar surface area (TPSA) is 69.6 Å². The highest BCUT2D eigenvalue weighted by Gasteiger charge is 2.41. The van der Waals surface area contributed by atoms with E-state index in [2.05, 4.69) is 10.2 Å². The molecule has 3 aliphatic rings. The van der Waals surface area contributed by atoms with Crippen molar-refractivity contribution in [2.75, 3.05) is 6.54 Å². The number of amides is 1. The van der Waals surface area contributed by atoms with Crippen LogP contribution in [0.4, 0.5) is 0 Å². The number of piperidine rings is 1. The van der Waals surface area contributed by atoms with Gasteiger partial charge in [-0.25, -0.2) is 0 Å². The van der Waals surface area contributed by atoms with Crippen molar-refractivity contribution in [1.29, 1.82) is 0 Å². The molecule has 1 aliphatic carbocycles. The summed E-state index contributed by atoms with van der Waals surface area (Å²) in [5.74, 6) is -0.226. The monoisotopic (exact) mass is 294 g/mol. The summed E-state index contributed by atoms with van der Waals surface area (Å²) in [7, 11) is 0. The standard InChI is InChI=1S/C16H26N2O3/c19-15(17-12-3-1-2-4-12)10-18-13-5-6-14(18)8-11(7-13)9-16(20)21/h11-14H,1-10H2,(H,17,19)(H,20,21). The number of aliphatic carboxylic acids is 1. The molecule has 2 N–H and O–H groups in total. The smallest absolute Gasteiger partial charge is 0.303 e. The second kappa shape index (κ2) is 6.34. The maximum atomic E-state index is 12.2. The predicted molar refractivity (Wildman–Crippen MR) is 78.9 cm³/mol. The van der Waals surface area contributed by atoms with Crippen molar-refractivity contribution < 1.29 is 14.7 Å². The van der Waals surface area contributed by atoms with E-state index < -0.39 is 5.97 Å². The number of carbonyl (C=O) groups excluding carboxylic acids is 1. The van der Waals surface area contributed by atoms with Crippen molar-refractivity contribution in [2.45, 2.75) is 75.9 Å². The second-order valence-corrected chi connectivity index (χ2v) is 7.04. The Kier molecular flexibility index (Phi) is 4.48. The van der Waals surface area contributed by atoms with Gasteiger partial charge in [0, 0.05) is 24.5 Å². The Morgan fingerprint density at radius 3 is 2.24 bits per heavy atom. The summed E-state index contributed by atoms with van der Waals surface area (Å²) < 4.78 is 0. The summed E-state index contributed by atoms with van der Waals surface area (Å²) in [4.78, 5) is 25.4. The third-order valence-corrected chi connectivity index (χ3v) is 5.49. The van der Waals surface area contributed by atoms with Crippen LogP contribution in [0.5, 0.6) is 0 Å². The number of carboxylic acid groups (broad SMARTS) is 1. The molecule has 2 atom stereocenters. The molecule has 3 fully saturated rings. The average Bonchev–Trinajstić information content (AvgIpc) is 2.97. The molecule has 5 heteroatoms. The number of carbonyl (C=O) groups is 2. The number of nitrogens with zero attached hydrogens (tertiary/aromatic N) is 1. The van der Waals surface area contributed by atoms with E-state index in [-0.39, 0.29) is 12.3 Å². The lowest BCUT2D eigenvalue weighted by Crippen LogP contribution is -2.49. The molecule has 1 saturated carbocycles. The van der Waals surface area contributed by atoms with Gasteiger partial charge in [-0.05, 0) is 44.4 Å². The molecular weight excluding hydrogens is 268 g/mol. The first-order valence-corrected chi connectivity index (χ1v) is 8.38. The first-order valence-electron chi connectivity index (χ1n) is 8.38. The number of carboxylic acids is 1. The minimum atomic E-state index is -0.688. The lowest BCUT2D eigenvalue weighted by atomic mass is 9.88. The number of rotatable bonds is 5. The van der Waals surface area contributed by atoms with E-state index in [0.717, 1.165) is 38.5 Å². The van der Waals surface area contributed by atoms with Crippen LogP contribution in [0.1, 0.15) is 57.8 Å². The predicted octanol–water partition coefficient (Wildman–Crippen LogP) is 1.76. The van der Waals surface area contributed by atoms with Crippen LogP contribution in [0, 0.1) is 5.92 Å². The van der Waals surface area contributed by atoms with Crippen LogP contribution in [0.15, 0.2) is 0 Å². The van der Waals surface area contributed by atoms with Crippen molar-refractivity contribution in [3.63, 3.8) is 0 Å². The molecule has 0 aromatic rings. The fraction of sp³-hybridized carbons (Fsp3) is 0.875. The average molecular weight is 294 g/mol. The van der Waals surface area contributed by atoms with E-state index in [0.29, 0.717) is 30.6 Å². The van der Waals surface area contributed by atoms with Crippen LogP contribution >= 0.6 is 0 Å². The minimum absolute atomic E-state index is 0.162. The molecule has 1 amide bonds. The number of nitrogens with one attached hydrogen (secondary N) is 1. The molecule has 5 nitrogen and oxygen atoms in total. The molecule has 2 heterocycles. The Morgan fingerprint density at radius 1 is 1.05 bits per heavy atom. The van der Waals surface area contributed by atoms with E-state index in [1.54, 1.807) is 0 Å². The van der Waals surface area contributed by atoms with Gasteiger partial charge in [-0.3, -0.25) is 14.5 Å². The zero-order chi connectivity index (χ0) is 14.8. The van der Waals surface area contributed by atoms with Crippen molar-refractivity contribution in [3.05, 3.63) is 0 Å². The Bertz CT molecular complexity index is 392. The molecule has 0 aromatic heterocycles. The summed E-state index contributed by atoms with van der Waals surface area (Å²) in [6.45, 7) is 0.506. The lowest BCUT2D eigenvalue weighted by molar-refractivity contribution is -0.139. The molecule has 2 aliphatic heterocycles. The van der Waals surface area contributed by atoms with E-state index in [9.17, 15) is 9.59 Å². The maximum Gasteiger partial charge on any atom is 0.303 e. The molecule has 3 rings (SSSR count). The fourth-order valence-corrected chi connectivity index (χ4v) is 4.57. The highest BCUT2D eigenvalue weighted by molar-refractivity contribution is 5.78. The zero-order valence-electron chi connectivity index (χ0n) is 12.6. The van der Waals surface area contributed by atoms with Gasteiger partial charge in [0.15, 0.2) is 0 Å². The Hall–Kier alpha value is -1.10. The summed E-state index contributed by atoms with van der Waals surface area (Å²) in [5.41, 5.74) is 0. The summed E-state index contributed by atoms with van der Waals surface area (Å²) in [6, 6.07) is 1.23. The van der Waals surface area contributed by atoms with Gasteiger partial charge in [0.05, 0.1) is 6.54 Å². The lowest BCUT2D eigenvalue weighted by Gasteiger charge is -2.38. The van der Waals surface area contributed by atoms with Crippen LogP contribution in [-0.2, 0) is 9.59 Å². The van der Waals surface area contributed by atoms with Crippen LogP contribution in [-0.4, -0.2) is 46.6 Å². The zero-order valence-corrected chi connectivity index (χ0v) is 12.6. The third kappa shape index (κ3) is 3.57. The number of hydrogen-bond donors (Lipinski definition) is 2. The van der Waals surface area contributed by atoms with E-state index in [4.69, 9.17) is 5.11 Å². The van der Waals surface area contributed by atoms with Crippen LogP contribution < -0.4 is 5.32 Å². The van der Waals surface area contributed by atoms with Gasteiger partial charge >= 0.3 is 5.97 Å². The van der Waals surface area contributed by atoms with E-state index >= 15 is 0 Å². The van der Waals surface area contributed by atoms with Crippen LogP contribution in [0.25, 0.3) is 0 Å². The fourth-order valence-electron chi connectivity index (χ4n) is 4.57. The van der Waals surface area contributed by atoms with Crippen molar-refractivity contribution in [3.8, 4) is 0 Å². The molecule has 0 radical (unpaired) electrons. The van der Waals surface area contributed by atoms with Crippen molar-refractivity contribution >= 4 is 11.9 Å². The SMILES string of the molecule is O=C(O)CC1CC2CCC(C1)N2CC(=O)NC1CCCC1. The Labute approximate surface area is 126 Å². The quantitative estimate of drug-likeness (QED) is 0.810. The minimum Gasteiger partial charge on any atom is -0.481 e. The van der Waals surface area contributed by atoms with Crippen LogP contribution in [0.3, 0.4) is 0 Å². The first-order chi connectivity index (χ1) is 10.1. The number of hydrogen-bond acceptors (Lipinski definition) is 3. The van der Waals surface area contributed by atoms with Gasteiger partial charge in [-0.15, -0.1) is 0 Å². The third-order valence-electron chi connectivity index (χ3n) is 5.49. The molecule has 0 spiro atoms. The normalized spacial score (nSPS) is 33.2. The second-order valence-electron chi connectivity index (χ2n) is 7.04. The highest BCUT2D eigenvalue weighted by Crippen LogP contribution is 2.39. The Morgan fingerprint density at radius 2 is 1.67 bits per heavy atom. The Balaban J connectivity index is 1.50. The molecule has 0 aromatic carbocycles.